The van der Waals surface area contributed by atoms with E-state index in [2.05, 4.69) is 20.9 Å². The first-order chi connectivity index (χ1) is 11.1. The van der Waals surface area contributed by atoms with Crippen molar-refractivity contribution in [2.45, 2.75) is 25.8 Å². The van der Waals surface area contributed by atoms with Gasteiger partial charge in [0.05, 0.1) is 6.04 Å². The van der Waals surface area contributed by atoms with Crippen molar-refractivity contribution in [1.82, 2.24) is 10.3 Å². The third-order valence-corrected chi connectivity index (χ3v) is 3.78. The van der Waals surface area contributed by atoms with Gasteiger partial charge in [0.15, 0.2) is 0 Å². The van der Waals surface area contributed by atoms with Crippen LogP contribution in [0.1, 0.15) is 30.5 Å². The summed E-state index contributed by atoms with van der Waals surface area (Å²) in [5.74, 6) is 0.552. The van der Waals surface area contributed by atoms with Crippen molar-refractivity contribution < 1.29 is 9.59 Å². The van der Waals surface area contributed by atoms with Crippen molar-refractivity contribution in [3.8, 4) is 0 Å². The van der Waals surface area contributed by atoms with Gasteiger partial charge >= 0.3 is 6.03 Å². The van der Waals surface area contributed by atoms with Crippen LogP contribution < -0.4 is 16.0 Å². The van der Waals surface area contributed by atoms with E-state index in [-0.39, 0.29) is 18.0 Å². The second kappa shape index (κ2) is 6.48. The number of carbonyl (C=O) groups is 2. The molecule has 6 nitrogen and oxygen atoms in total. The molecular formula is C17H18N4O2. The third-order valence-electron chi connectivity index (χ3n) is 3.78. The first kappa shape index (κ1) is 15.0. The maximum Gasteiger partial charge on any atom is 0.320 e. The van der Waals surface area contributed by atoms with E-state index in [0.29, 0.717) is 12.2 Å². The summed E-state index contributed by atoms with van der Waals surface area (Å²) in [6.07, 6.45) is 2.84. The van der Waals surface area contributed by atoms with Crippen molar-refractivity contribution in [3.05, 3.63) is 53.7 Å². The molecule has 0 spiro atoms. The van der Waals surface area contributed by atoms with Gasteiger partial charge in [0.2, 0.25) is 5.91 Å². The van der Waals surface area contributed by atoms with Gasteiger partial charge in [-0.2, -0.15) is 0 Å². The average molecular weight is 310 g/mol. The largest absolute Gasteiger partial charge is 0.331 e. The van der Waals surface area contributed by atoms with Crippen molar-refractivity contribution in [3.63, 3.8) is 0 Å². The molecule has 0 saturated heterocycles. The van der Waals surface area contributed by atoms with Crippen molar-refractivity contribution in [1.29, 1.82) is 0 Å². The molecule has 0 saturated carbocycles. The zero-order valence-corrected chi connectivity index (χ0v) is 12.8. The van der Waals surface area contributed by atoms with Crippen molar-refractivity contribution in [2.75, 3.05) is 10.6 Å². The Morgan fingerprint density at radius 2 is 2.13 bits per heavy atom. The van der Waals surface area contributed by atoms with Crippen molar-refractivity contribution in [2.24, 2.45) is 0 Å². The lowest BCUT2D eigenvalue weighted by Gasteiger charge is -2.20. The Labute approximate surface area is 134 Å². The van der Waals surface area contributed by atoms with Gasteiger partial charge in [0.1, 0.15) is 5.82 Å². The fraction of sp³-hybridized carbons (Fsp3) is 0.235. The summed E-state index contributed by atoms with van der Waals surface area (Å²) < 4.78 is 0. The number of aromatic nitrogens is 1. The number of urea groups is 1. The molecule has 1 atom stereocenters. The highest BCUT2D eigenvalue weighted by Crippen LogP contribution is 2.26. The zero-order chi connectivity index (χ0) is 16.2. The quantitative estimate of drug-likeness (QED) is 0.815. The van der Waals surface area contributed by atoms with E-state index < -0.39 is 0 Å². The summed E-state index contributed by atoms with van der Waals surface area (Å²) in [6.45, 7) is 1.92. The first-order valence-corrected chi connectivity index (χ1v) is 7.53. The fourth-order valence-corrected chi connectivity index (χ4v) is 2.54. The van der Waals surface area contributed by atoms with Gasteiger partial charge in [-0.15, -0.1) is 0 Å². The maximum absolute atomic E-state index is 12.0. The number of nitrogens with one attached hydrogen (secondary N) is 3. The number of aryl methyl sites for hydroxylation is 1. The van der Waals surface area contributed by atoms with E-state index in [1.807, 2.05) is 31.2 Å². The number of hydrogen-bond acceptors (Lipinski definition) is 3. The van der Waals surface area contributed by atoms with E-state index in [4.69, 9.17) is 0 Å². The summed E-state index contributed by atoms with van der Waals surface area (Å²) in [4.78, 5) is 27.4. The number of pyridine rings is 1. The third kappa shape index (κ3) is 3.66. The molecule has 3 N–H and O–H groups in total. The van der Waals surface area contributed by atoms with Gasteiger partial charge in [0.25, 0.3) is 0 Å². The van der Waals surface area contributed by atoms with Gasteiger partial charge in [-0.05, 0) is 42.7 Å². The summed E-state index contributed by atoms with van der Waals surface area (Å²) >= 11 is 0. The van der Waals surface area contributed by atoms with E-state index in [0.717, 1.165) is 23.2 Å². The lowest BCUT2D eigenvalue weighted by molar-refractivity contribution is -0.116. The average Bonchev–Trinajstić information content (AvgIpc) is 2.55. The molecule has 3 amide bonds. The molecule has 1 unspecified atom stereocenters. The van der Waals surface area contributed by atoms with Crippen LogP contribution in [0.5, 0.6) is 0 Å². The monoisotopic (exact) mass is 310 g/mol. The Hall–Kier alpha value is -2.89. The van der Waals surface area contributed by atoms with Crippen LogP contribution in [0.2, 0.25) is 0 Å². The van der Waals surface area contributed by atoms with Gasteiger partial charge < -0.3 is 10.6 Å². The minimum Gasteiger partial charge on any atom is -0.331 e. The first-order valence-electron chi connectivity index (χ1n) is 7.53. The van der Waals surface area contributed by atoms with Crippen LogP contribution >= 0.6 is 0 Å². The molecule has 0 bridgehead atoms. The Morgan fingerprint density at radius 3 is 2.91 bits per heavy atom. The Kier molecular flexibility index (Phi) is 4.23. The van der Waals surface area contributed by atoms with Gasteiger partial charge in [-0.1, -0.05) is 18.2 Å². The molecule has 1 aromatic heterocycles. The normalized spacial score (nSPS) is 14.4. The number of fused-ring (bicyclic) bond motifs is 1. The van der Waals surface area contributed by atoms with E-state index in [9.17, 15) is 9.59 Å². The molecule has 1 aliphatic rings. The van der Waals surface area contributed by atoms with E-state index >= 15 is 0 Å². The predicted octanol–water partition coefficient (Wildman–Crippen LogP) is 2.85. The van der Waals surface area contributed by atoms with Crippen LogP contribution in [0.3, 0.4) is 0 Å². The highest BCUT2D eigenvalue weighted by Gasteiger charge is 2.17. The molecule has 2 aromatic rings. The molecule has 1 aromatic carbocycles. The van der Waals surface area contributed by atoms with Crippen LogP contribution in [0.15, 0.2) is 42.6 Å². The predicted molar refractivity (Wildman–Crippen MR) is 88.2 cm³/mol. The van der Waals surface area contributed by atoms with Gasteiger partial charge in [-0.3, -0.25) is 10.1 Å². The molecule has 0 aliphatic carbocycles. The molecule has 6 heteroatoms. The summed E-state index contributed by atoms with van der Waals surface area (Å²) in [6, 6.07) is 10.7. The Morgan fingerprint density at radius 1 is 1.26 bits per heavy atom. The molecule has 1 aliphatic heterocycles. The van der Waals surface area contributed by atoms with Crippen LogP contribution in [0, 0.1) is 0 Å². The standard InChI is InChI=1S/C17H18N4O2/c1-11(19-17(23)21-15-4-2-3-9-18-15)12-5-7-14-13(10-12)6-8-16(22)20-14/h2-5,7,9-11H,6,8H2,1H3,(H,20,22)(H2,18,19,21,23). The van der Waals surface area contributed by atoms with E-state index in [1.165, 1.54) is 0 Å². The molecule has 3 rings (SSSR count). The minimum atomic E-state index is -0.303. The fourth-order valence-electron chi connectivity index (χ4n) is 2.54. The number of rotatable bonds is 3. The number of carbonyl (C=O) groups excluding carboxylic acids is 2. The van der Waals surface area contributed by atoms with Crippen LogP contribution in [-0.2, 0) is 11.2 Å². The van der Waals surface area contributed by atoms with Gasteiger partial charge in [0, 0.05) is 18.3 Å². The van der Waals surface area contributed by atoms with Crippen LogP contribution in [-0.4, -0.2) is 16.9 Å². The van der Waals surface area contributed by atoms with Crippen LogP contribution in [0.25, 0.3) is 0 Å². The van der Waals surface area contributed by atoms with E-state index in [1.54, 1.807) is 18.3 Å². The molecule has 0 fully saturated rings. The molecular weight excluding hydrogens is 292 g/mol. The Balaban J connectivity index is 1.65. The minimum absolute atomic E-state index is 0.0474. The highest BCUT2D eigenvalue weighted by atomic mass is 16.2. The molecule has 2 heterocycles. The highest BCUT2D eigenvalue weighted by molar-refractivity contribution is 5.94. The summed E-state index contributed by atoms with van der Waals surface area (Å²) in [5.41, 5.74) is 2.95. The second-order valence-electron chi connectivity index (χ2n) is 5.50. The SMILES string of the molecule is CC(NC(=O)Nc1ccccn1)c1ccc2c(c1)CCC(=O)N2. The molecule has 0 radical (unpaired) electrons. The zero-order valence-electron chi connectivity index (χ0n) is 12.8. The number of benzene rings is 1. The number of amides is 3. The number of anilines is 2. The molecule has 118 valence electrons. The van der Waals surface area contributed by atoms with Gasteiger partial charge in [-0.25, -0.2) is 9.78 Å². The lowest BCUT2D eigenvalue weighted by atomic mass is 9.98. The smallest absolute Gasteiger partial charge is 0.320 e. The maximum atomic E-state index is 12.0. The lowest BCUT2D eigenvalue weighted by Crippen LogP contribution is -2.31. The number of nitrogens with zero attached hydrogens (tertiary/aromatic N) is 1. The second-order valence-corrected chi connectivity index (χ2v) is 5.50. The summed E-state index contributed by atoms with van der Waals surface area (Å²) in [5, 5.41) is 8.43. The summed E-state index contributed by atoms with van der Waals surface area (Å²) in [7, 11) is 0. The Bertz CT molecular complexity index is 731. The van der Waals surface area contributed by atoms with Crippen LogP contribution in [0.4, 0.5) is 16.3 Å². The van der Waals surface area contributed by atoms with Crippen molar-refractivity contribution >= 4 is 23.4 Å². The topological polar surface area (TPSA) is 83.1 Å². The number of hydrogen-bond donors (Lipinski definition) is 3. The molecule has 23 heavy (non-hydrogen) atoms.